The quantitative estimate of drug-likeness (QED) is 0.744. The predicted molar refractivity (Wildman–Crippen MR) is 78.8 cm³/mol. The van der Waals surface area contributed by atoms with E-state index in [1.54, 1.807) is 18.2 Å². The summed E-state index contributed by atoms with van der Waals surface area (Å²) in [7, 11) is 0. The lowest BCUT2D eigenvalue weighted by Gasteiger charge is -2.13. The van der Waals surface area contributed by atoms with Gasteiger partial charge in [-0.1, -0.05) is 12.1 Å². The second-order valence-corrected chi connectivity index (χ2v) is 5.21. The summed E-state index contributed by atoms with van der Waals surface area (Å²) in [6.07, 6.45) is 0. The fourth-order valence-corrected chi connectivity index (χ4v) is 2.37. The molecular weight excluding hydrogens is 330 g/mol. The van der Waals surface area contributed by atoms with Crippen LogP contribution in [0.4, 0.5) is 0 Å². The first kappa shape index (κ1) is 16.3. The van der Waals surface area contributed by atoms with Crippen LogP contribution in [0.15, 0.2) is 36.4 Å². The molecule has 1 amide bonds. The van der Waals surface area contributed by atoms with E-state index in [-0.39, 0.29) is 24.5 Å². The van der Waals surface area contributed by atoms with E-state index in [0.717, 1.165) is 23.8 Å². The molecule has 1 aliphatic rings. The van der Waals surface area contributed by atoms with Crippen molar-refractivity contribution in [1.29, 1.82) is 0 Å². The molecule has 0 unspecified atom stereocenters. The number of hydrogen-bond donors (Lipinski definition) is 1. The van der Waals surface area contributed by atoms with Crippen molar-refractivity contribution in [2.75, 3.05) is 6.79 Å². The minimum Gasteiger partial charge on any atom is -0.545 e. The van der Waals surface area contributed by atoms with Crippen molar-refractivity contribution < 1.29 is 34.1 Å². The summed E-state index contributed by atoms with van der Waals surface area (Å²) < 4.78 is 10.4. The Balaban J connectivity index is 1.77. The van der Waals surface area contributed by atoms with Gasteiger partial charge in [-0.05, 0) is 35.4 Å². The zero-order valence-electron chi connectivity index (χ0n) is 12.7. The normalized spacial score (nSPS) is 11.8. The lowest BCUT2D eigenvalue weighted by atomic mass is 10.0. The van der Waals surface area contributed by atoms with Gasteiger partial charge in [0.25, 0.3) is 5.91 Å². The lowest BCUT2D eigenvalue weighted by Crippen LogP contribution is -2.31. The minimum absolute atomic E-state index is 0.115. The number of rotatable bonds is 5. The highest BCUT2D eigenvalue weighted by Crippen LogP contribution is 2.32. The number of carbonyl (C=O) groups excluding carboxylic acids is 3. The van der Waals surface area contributed by atoms with Gasteiger partial charge in [0.1, 0.15) is 0 Å². The third kappa shape index (κ3) is 3.37. The third-order valence-electron chi connectivity index (χ3n) is 3.61. The molecule has 0 aromatic heterocycles. The zero-order chi connectivity index (χ0) is 18.0. The number of ether oxygens (including phenoxy) is 2. The van der Waals surface area contributed by atoms with Crippen molar-refractivity contribution in [3.05, 3.63) is 58.7 Å². The first-order chi connectivity index (χ1) is 12.0. The van der Waals surface area contributed by atoms with Crippen molar-refractivity contribution in [1.82, 2.24) is 5.32 Å². The fraction of sp³-hybridized carbons (Fsp3) is 0.118. The number of hydrogen-bond acceptors (Lipinski definition) is 7. The SMILES string of the molecule is O=C([O-])c1ccc(C(=O)NCc2ccc3c(c2)OCO3)c(C(=O)[O-])c1. The molecule has 8 heteroatoms. The molecule has 25 heavy (non-hydrogen) atoms. The van der Waals surface area contributed by atoms with Crippen LogP contribution in [0.25, 0.3) is 0 Å². The van der Waals surface area contributed by atoms with E-state index in [1.165, 1.54) is 0 Å². The molecule has 0 atom stereocenters. The van der Waals surface area contributed by atoms with E-state index in [0.29, 0.717) is 11.5 Å². The Morgan fingerprint density at radius 1 is 0.920 bits per heavy atom. The Morgan fingerprint density at radius 3 is 2.40 bits per heavy atom. The van der Waals surface area contributed by atoms with Gasteiger partial charge in [0.05, 0.1) is 11.9 Å². The van der Waals surface area contributed by atoms with E-state index >= 15 is 0 Å². The molecule has 0 bridgehead atoms. The smallest absolute Gasteiger partial charge is 0.252 e. The molecule has 0 saturated carbocycles. The molecule has 0 saturated heterocycles. The fourth-order valence-electron chi connectivity index (χ4n) is 2.37. The Morgan fingerprint density at radius 2 is 1.68 bits per heavy atom. The van der Waals surface area contributed by atoms with Crippen molar-refractivity contribution in [3.63, 3.8) is 0 Å². The predicted octanol–water partition coefficient (Wildman–Crippen LogP) is -0.928. The maximum absolute atomic E-state index is 12.2. The van der Waals surface area contributed by atoms with Gasteiger partial charge < -0.3 is 34.6 Å². The Bertz CT molecular complexity index is 875. The molecule has 0 aliphatic carbocycles. The third-order valence-corrected chi connectivity index (χ3v) is 3.61. The molecule has 2 aromatic rings. The van der Waals surface area contributed by atoms with Crippen LogP contribution < -0.4 is 25.0 Å². The molecule has 1 N–H and O–H groups in total. The van der Waals surface area contributed by atoms with Gasteiger partial charge in [0.2, 0.25) is 6.79 Å². The highest BCUT2D eigenvalue weighted by atomic mass is 16.7. The number of carboxylic acid groups (broad SMARTS) is 2. The summed E-state index contributed by atoms with van der Waals surface area (Å²) in [6.45, 7) is 0.245. The highest BCUT2D eigenvalue weighted by Gasteiger charge is 2.15. The molecule has 0 radical (unpaired) electrons. The molecule has 0 fully saturated rings. The van der Waals surface area contributed by atoms with Gasteiger partial charge in [0, 0.05) is 17.7 Å². The number of benzene rings is 2. The van der Waals surface area contributed by atoms with Gasteiger partial charge in [-0.2, -0.15) is 0 Å². The first-order valence-electron chi connectivity index (χ1n) is 7.19. The summed E-state index contributed by atoms with van der Waals surface area (Å²) in [5.74, 6) is -2.72. The molecule has 3 rings (SSSR count). The standard InChI is InChI=1S/C17H13NO7/c19-15(11-3-2-10(16(20)21)6-12(11)17(22)23)18-7-9-1-4-13-14(5-9)25-8-24-13/h1-6H,7-8H2,(H,18,19)(H,20,21)(H,22,23)/p-2. The number of amides is 1. The number of carboxylic acids is 2. The Hall–Kier alpha value is -3.55. The van der Waals surface area contributed by atoms with Gasteiger partial charge in [-0.15, -0.1) is 0 Å². The topological polar surface area (TPSA) is 128 Å². The summed E-state index contributed by atoms with van der Waals surface area (Å²) in [5.41, 5.74) is -0.360. The molecule has 2 aromatic carbocycles. The largest absolute Gasteiger partial charge is 0.545 e. The first-order valence-corrected chi connectivity index (χ1v) is 7.19. The van der Waals surface area contributed by atoms with Gasteiger partial charge >= 0.3 is 0 Å². The monoisotopic (exact) mass is 341 g/mol. The summed E-state index contributed by atoms with van der Waals surface area (Å²) in [6, 6.07) is 8.15. The maximum atomic E-state index is 12.2. The second-order valence-electron chi connectivity index (χ2n) is 5.21. The van der Waals surface area contributed by atoms with Gasteiger partial charge in [-0.25, -0.2) is 0 Å². The van der Waals surface area contributed by atoms with Crippen LogP contribution in [0.2, 0.25) is 0 Å². The van der Waals surface area contributed by atoms with Crippen LogP contribution in [-0.4, -0.2) is 24.6 Å². The van der Waals surface area contributed by atoms with Crippen LogP contribution in [0.3, 0.4) is 0 Å². The van der Waals surface area contributed by atoms with Crippen molar-refractivity contribution >= 4 is 17.8 Å². The van der Waals surface area contributed by atoms with Crippen molar-refractivity contribution in [2.24, 2.45) is 0 Å². The second kappa shape index (κ2) is 6.52. The molecule has 1 aliphatic heterocycles. The van der Waals surface area contributed by atoms with E-state index in [1.807, 2.05) is 0 Å². The number of aromatic carboxylic acids is 2. The number of fused-ring (bicyclic) bond motifs is 1. The number of carbonyl (C=O) groups is 3. The molecular formula is C17H11NO7-2. The molecule has 1 heterocycles. The van der Waals surface area contributed by atoms with E-state index in [2.05, 4.69) is 5.32 Å². The summed E-state index contributed by atoms with van der Waals surface area (Å²) in [5, 5.41) is 24.5. The lowest BCUT2D eigenvalue weighted by molar-refractivity contribution is -0.255. The van der Waals surface area contributed by atoms with Crippen LogP contribution in [0.5, 0.6) is 11.5 Å². The minimum atomic E-state index is -1.66. The van der Waals surface area contributed by atoms with Crippen LogP contribution in [0.1, 0.15) is 36.6 Å². The van der Waals surface area contributed by atoms with E-state index < -0.39 is 23.4 Å². The van der Waals surface area contributed by atoms with Crippen LogP contribution in [-0.2, 0) is 6.54 Å². The molecule has 0 spiro atoms. The zero-order valence-corrected chi connectivity index (χ0v) is 12.7. The van der Waals surface area contributed by atoms with Crippen LogP contribution >= 0.6 is 0 Å². The Kier molecular flexibility index (Phi) is 4.25. The van der Waals surface area contributed by atoms with Crippen LogP contribution in [0, 0.1) is 0 Å². The molecule has 128 valence electrons. The van der Waals surface area contributed by atoms with E-state index in [4.69, 9.17) is 9.47 Å². The summed E-state index contributed by atoms with van der Waals surface area (Å²) in [4.78, 5) is 34.2. The van der Waals surface area contributed by atoms with E-state index in [9.17, 15) is 24.6 Å². The summed E-state index contributed by atoms with van der Waals surface area (Å²) >= 11 is 0. The maximum Gasteiger partial charge on any atom is 0.252 e. The number of nitrogens with one attached hydrogen (secondary N) is 1. The van der Waals surface area contributed by atoms with Crippen molar-refractivity contribution in [2.45, 2.75) is 6.54 Å². The molecule has 8 nitrogen and oxygen atoms in total. The van der Waals surface area contributed by atoms with Crippen molar-refractivity contribution in [3.8, 4) is 11.5 Å². The van der Waals surface area contributed by atoms with Gasteiger partial charge in [-0.3, -0.25) is 4.79 Å². The Labute approximate surface area is 141 Å². The average Bonchev–Trinajstić information content (AvgIpc) is 3.06. The average molecular weight is 341 g/mol. The van der Waals surface area contributed by atoms with Gasteiger partial charge in [0.15, 0.2) is 11.5 Å². The highest BCUT2D eigenvalue weighted by molar-refractivity contribution is 6.05.